The lowest BCUT2D eigenvalue weighted by Crippen LogP contribution is -2.15. The van der Waals surface area contributed by atoms with Gasteiger partial charge in [0.15, 0.2) is 21.7 Å². The van der Waals surface area contributed by atoms with Crippen LogP contribution in [0.2, 0.25) is 0 Å². The molecular weight excluding hydrogens is 418 g/mol. The molecule has 4 rings (SSSR count). The van der Waals surface area contributed by atoms with Gasteiger partial charge in [0.1, 0.15) is 0 Å². The van der Waals surface area contributed by atoms with Crippen LogP contribution in [0, 0.1) is 5.92 Å². The SMILES string of the molecule is Nc1nc(OCCCc2ccccc2)nc2c1nc(Br)n2CC1CCCCC1. The van der Waals surface area contributed by atoms with Gasteiger partial charge in [-0.1, -0.05) is 49.6 Å². The van der Waals surface area contributed by atoms with Gasteiger partial charge in [0.05, 0.1) is 6.61 Å². The monoisotopic (exact) mass is 443 g/mol. The number of halogens is 1. The molecule has 1 aliphatic carbocycles. The smallest absolute Gasteiger partial charge is 0.320 e. The van der Waals surface area contributed by atoms with Crippen molar-refractivity contribution in [2.24, 2.45) is 5.92 Å². The first-order chi connectivity index (χ1) is 13.7. The van der Waals surface area contributed by atoms with Crippen LogP contribution in [0.4, 0.5) is 5.82 Å². The van der Waals surface area contributed by atoms with E-state index in [1.54, 1.807) is 0 Å². The van der Waals surface area contributed by atoms with Gasteiger partial charge in [-0.15, -0.1) is 0 Å². The van der Waals surface area contributed by atoms with Gasteiger partial charge in [-0.2, -0.15) is 9.97 Å². The first-order valence-electron chi connectivity index (χ1n) is 10.1. The lowest BCUT2D eigenvalue weighted by Gasteiger charge is -2.22. The quantitative estimate of drug-likeness (QED) is 0.420. The Kier molecular flexibility index (Phi) is 6.10. The van der Waals surface area contributed by atoms with Crippen molar-refractivity contribution in [3.63, 3.8) is 0 Å². The van der Waals surface area contributed by atoms with Crippen molar-refractivity contribution < 1.29 is 4.74 Å². The van der Waals surface area contributed by atoms with Gasteiger partial charge in [-0.25, -0.2) is 4.98 Å². The summed E-state index contributed by atoms with van der Waals surface area (Å²) in [6.45, 7) is 1.46. The maximum atomic E-state index is 6.14. The summed E-state index contributed by atoms with van der Waals surface area (Å²) in [7, 11) is 0. The molecule has 1 aromatic carbocycles. The highest BCUT2D eigenvalue weighted by Crippen LogP contribution is 2.30. The fourth-order valence-electron chi connectivity index (χ4n) is 3.91. The molecule has 0 radical (unpaired) electrons. The van der Waals surface area contributed by atoms with E-state index < -0.39 is 0 Å². The molecule has 3 aromatic rings. The number of nitrogens with zero attached hydrogens (tertiary/aromatic N) is 4. The third kappa shape index (κ3) is 4.46. The van der Waals surface area contributed by atoms with E-state index in [4.69, 9.17) is 10.5 Å². The molecule has 28 heavy (non-hydrogen) atoms. The maximum absolute atomic E-state index is 6.14. The van der Waals surface area contributed by atoms with Crippen molar-refractivity contribution in [3.05, 3.63) is 40.6 Å². The van der Waals surface area contributed by atoms with Crippen molar-refractivity contribution in [2.75, 3.05) is 12.3 Å². The number of imidazole rings is 1. The molecule has 7 heteroatoms. The molecule has 0 atom stereocenters. The second-order valence-corrected chi connectivity index (χ2v) is 8.21. The Balaban J connectivity index is 1.45. The molecule has 1 saturated carbocycles. The van der Waals surface area contributed by atoms with E-state index in [-0.39, 0.29) is 0 Å². The average molecular weight is 444 g/mol. The number of hydrogen-bond acceptors (Lipinski definition) is 5. The van der Waals surface area contributed by atoms with Crippen LogP contribution >= 0.6 is 15.9 Å². The Labute approximate surface area is 173 Å². The van der Waals surface area contributed by atoms with Crippen molar-refractivity contribution in [1.82, 2.24) is 19.5 Å². The van der Waals surface area contributed by atoms with Crippen LogP contribution in [-0.4, -0.2) is 26.1 Å². The van der Waals surface area contributed by atoms with Crippen LogP contribution in [0.3, 0.4) is 0 Å². The van der Waals surface area contributed by atoms with Crippen molar-refractivity contribution >= 4 is 32.9 Å². The van der Waals surface area contributed by atoms with Crippen LogP contribution < -0.4 is 10.5 Å². The Bertz CT molecular complexity index is 921. The summed E-state index contributed by atoms with van der Waals surface area (Å²) >= 11 is 3.57. The minimum absolute atomic E-state index is 0.329. The number of nitrogens with two attached hydrogens (primary N) is 1. The zero-order valence-electron chi connectivity index (χ0n) is 16.0. The number of ether oxygens (including phenoxy) is 1. The number of aryl methyl sites for hydroxylation is 1. The van der Waals surface area contributed by atoms with Crippen LogP contribution in [0.25, 0.3) is 11.2 Å². The number of benzene rings is 1. The van der Waals surface area contributed by atoms with Crippen molar-refractivity contribution in [3.8, 4) is 6.01 Å². The molecule has 148 valence electrons. The molecule has 2 aromatic heterocycles. The standard InChI is InChI=1S/C21H26BrN5O/c22-20-24-17-18(23)25-21(28-13-7-12-15-8-3-1-4-9-15)26-19(17)27(20)14-16-10-5-2-6-11-16/h1,3-4,8-9,16H,2,5-7,10-14H2,(H2,23,25,26). The first kappa shape index (κ1) is 19.2. The van der Waals surface area contributed by atoms with E-state index in [1.807, 2.05) is 6.07 Å². The molecule has 0 unspecified atom stereocenters. The number of anilines is 1. The summed E-state index contributed by atoms with van der Waals surface area (Å²) in [5, 5.41) is 0. The number of aromatic nitrogens is 4. The zero-order chi connectivity index (χ0) is 19.3. The maximum Gasteiger partial charge on any atom is 0.320 e. The highest BCUT2D eigenvalue weighted by Gasteiger charge is 2.20. The molecule has 2 N–H and O–H groups in total. The van der Waals surface area contributed by atoms with Gasteiger partial charge in [0.25, 0.3) is 0 Å². The molecule has 1 aliphatic rings. The Morgan fingerprint density at radius 2 is 1.86 bits per heavy atom. The second-order valence-electron chi connectivity index (χ2n) is 7.50. The third-order valence-corrected chi connectivity index (χ3v) is 6.01. The van der Waals surface area contributed by atoms with E-state index in [0.29, 0.717) is 29.9 Å². The van der Waals surface area contributed by atoms with Gasteiger partial charge in [-0.05, 0) is 53.1 Å². The van der Waals surface area contributed by atoms with Crippen LogP contribution in [-0.2, 0) is 13.0 Å². The first-order valence-corrected chi connectivity index (χ1v) is 10.9. The van der Waals surface area contributed by atoms with Crippen LogP contribution in [0.1, 0.15) is 44.1 Å². The zero-order valence-corrected chi connectivity index (χ0v) is 17.6. The summed E-state index contributed by atoms with van der Waals surface area (Å²) in [6, 6.07) is 10.7. The minimum Gasteiger partial charge on any atom is -0.463 e. The summed E-state index contributed by atoms with van der Waals surface area (Å²) < 4.78 is 8.68. The van der Waals surface area contributed by atoms with Crippen LogP contribution in [0.15, 0.2) is 35.1 Å². The highest BCUT2D eigenvalue weighted by molar-refractivity contribution is 9.10. The molecule has 0 spiro atoms. The van der Waals surface area contributed by atoms with Gasteiger partial charge in [0.2, 0.25) is 0 Å². The number of fused-ring (bicyclic) bond motifs is 1. The lowest BCUT2D eigenvalue weighted by atomic mass is 9.89. The molecule has 0 aliphatic heterocycles. The van der Waals surface area contributed by atoms with Crippen molar-refractivity contribution in [1.29, 1.82) is 0 Å². The summed E-state index contributed by atoms with van der Waals surface area (Å²) in [5.74, 6) is 1.03. The molecule has 0 bridgehead atoms. The number of rotatable bonds is 7. The third-order valence-electron chi connectivity index (χ3n) is 5.40. The van der Waals surface area contributed by atoms with Gasteiger partial charge < -0.3 is 15.0 Å². The van der Waals surface area contributed by atoms with E-state index >= 15 is 0 Å². The van der Waals surface area contributed by atoms with Crippen LogP contribution in [0.5, 0.6) is 6.01 Å². The molecular formula is C21H26BrN5O. The van der Waals surface area contributed by atoms with Gasteiger partial charge >= 0.3 is 6.01 Å². The van der Waals surface area contributed by atoms with Crippen molar-refractivity contribution in [2.45, 2.75) is 51.5 Å². The van der Waals surface area contributed by atoms with E-state index in [2.05, 4.69) is 59.7 Å². The van der Waals surface area contributed by atoms with E-state index in [0.717, 1.165) is 29.8 Å². The fraction of sp³-hybridized carbons (Fsp3) is 0.476. The fourth-order valence-corrected chi connectivity index (χ4v) is 4.40. The van der Waals surface area contributed by atoms with Gasteiger partial charge in [0, 0.05) is 6.54 Å². The predicted molar refractivity (Wildman–Crippen MR) is 114 cm³/mol. The minimum atomic E-state index is 0.329. The lowest BCUT2D eigenvalue weighted by molar-refractivity contribution is 0.287. The summed E-state index contributed by atoms with van der Waals surface area (Å²) in [5.41, 5.74) is 8.83. The van der Waals surface area contributed by atoms with E-state index in [9.17, 15) is 0 Å². The predicted octanol–water partition coefficient (Wildman–Crippen LogP) is 4.76. The topological polar surface area (TPSA) is 78.8 Å². The summed E-state index contributed by atoms with van der Waals surface area (Å²) in [4.78, 5) is 13.4. The second kappa shape index (κ2) is 8.90. The average Bonchev–Trinajstić information content (AvgIpc) is 3.03. The highest BCUT2D eigenvalue weighted by atomic mass is 79.9. The van der Waals surface area contributed by atoms with Gasteiger partial charge in [-0.3, -0.25) is 0 Å². The summed E-state index contributed by atoms with van der Waals surface area (Å²) in [6.07, 6.45) is 8.34. The molecule has 0 saturated heterocycles. The van der Waals surface area contributed by atoms with E-state index in [1.165, 1.54) is 37.7 Å². The number of hydrogen-bond donors (Lipinski definition) is 1. The Morgan fingerprint density at radius 1 is 1.07 bits per heavy atom. The largest absolute Gasteiger partial charge is 0.463 e. The Hall–Kier alpha value is -2.15. The number of nitrogen functional groups attached to an aromatic ring is 1. The Morgan fingerprint density at radius 3 is 2.64 bits per heavy atom. The molecule has 1 fully saturated rings. The normalized spacial score (nSPS) is 15.2. The molecule has 6 nitrogen and oxygen atoms in total. The molecule has 0 amide bonds. The molecule has 2 heterocycles.